The summed E-state index contributed by atoms with van der Waals surface area (Å²) in [6.45, 7) is 1.61. The molecule has 2 heterocycles. The van der Waals surface area contributed by atoms with Crippen molar-refractivity contribution >= 4 is 28.6 Å². The molecule has 0 unspecified atom stereocenters. The molecule has 7 heteroatoms. The minimum atomic E-state index is -0.159. The Morgan fingerprint density at radius 1 is 0.879 bits per heavy atom. The van der Waals surface area contributed by atoms with Gasteiger partial charge >= 0.3 is 0 Å². The van der Waals surface area contributed by atoms with E-state index in [4.69, 9.17) is 9.72 Å². The van der Waals surface area contributed by atoms with E-state index in [1.54, 1.807) is 10.6 Å². The van der Waals surface area contributed by atoms with Gasteiger partial charge in [-0.3, -0.25) is 14.2 Å². The minimum absolute atomic E-state index is 0.0815. The maximum absolute atomic E-state index is 13.4. The monoisotopic (exact) mass is 457 g/mol. The molecular weight excluding hydrogens is 434 g/mol. The van der Waals surface area contributed by atoms with Crippen molar-refractivity contribution in [2.75, 3.05) is 18.8 Å². The van der Waals surface area contributed by atoms with Crippen molar-refractivity contribution in [3.05, 3.63) is 89.2 Å². The van der Waals surface area contributed by atoms with Crippen LogP contribution in [-0.4, -0.2) is 39.2 Å². The number of likely N-dealkylation sites (tertiary alicyclic amines) is 1. The van der Waals surface area contributed by atoms with E-state index < -0.39 is 0 Å². The molecule has 0 atom stereocenters. The van der Waals surface area contributed by atoms with E-state index in [1.165, 1.54) is 11.8 Å². The number of hydrogen-bond donors (Lipinski definition) is 0. The number of amides is 1. The van der Waals surface area contributed by atoms with Crippen LogP contribution in [0.3, 0.4) is 0 Å². The van der Waals surface area contributed by atoms with E-state index >= 15 is 0 Å². The van der Waals surface area contributed by atoms with Crippen LogP contribution in [-0.2, 0) is 4.79 Å². The molecule has 0 saturated carbocycles. The van der Waals surface area contributed by atoms with Crippen molar-refractivity contribution in [3.8, 4) is 17.2 Å². The fourth-order valence-electron chi connectivity index (χ4n) is 3.91. The van der Waals surface area contributed by atoms with Gasteiger partial charge in [0.05, 0.1) is 22.3 Å². The third-order valence-electron chi connectivity index (χ3n) is 5.60. The number of benzene rings is 3. The molecule has 1 aliphatic rings. The van der Waals surface area contributed by atoms with Crippen LogP contribution in [0.5, 0.6) is 11.5 Å². The van der Waals surface area contributed by atoms with Gasteiger partial charge in [-0.2, -0.15) is 0 Å². The lowest BCUT2D eigenvalue weighted by molar-refractivity contribution is -0.127. The first-order valence-electron chi connectivity index (χ1n) is 10.9. The number of nitrogens with zero attached hydrogens (tertiary/aromatic N) is 3. The summed E-state index contributed by atoms with van der Waals surface area (Å²) in [4.78, 5) is 32.6. The van der Waals surface area contributed by atoms with E-state index in [9.17, 15) is 9.59 Å². The van der Waals surface area contributed by atoms with Crippen molar-refractivity contribution in [2.45, 2.75) is 18.0 Å². The zero-order valence-electron chi connectivity index (χ0n) is 18.0. The Balaban J connectivity index is 1.47. The highest BCUT2D eigenvalue weighted by Gasteiger charge is 2.20. The van der Waals surface area contributed by atoms with E-state index in [-0.39, 0.29) is 17.2 Å². The van der Waals surface area contributed by atoms with Gasteiger partial charge in [0.2, 0.25) is 5.91 Å². The van der Waals surface area contributed by atoms with Gasteiger partial charge in [-0.15, -0.1) is 0 Å². The molecule has 6 nitrogen and oxygen atoms in total. The van der Waals surface area contributed by atoms with Gasteiger partial charge in [0.1, 0.15) is 11.5 Å². The molecule has 0 spiro atoms. The quantitative estimate of drug-likeness (QED) is 0.305. The maximum Gasteiger partial charge on any atom is 0.266 e. The second-order valence-corrected chi connectivity index (χ2v) is 8.78. The Morgan fingerprint density at radius 3 is 2.30 bits per heavy atom. The number of thioether (sulfide) groups is 1. The summed E-state index contributed by atoms with van der Waals surface area (Å²) in [5.41, 5.74) is 1.14. The molecule has 5 rings (SSSR count). The van der Waals surface area contributed by atoms with Crippen molar-refractivity contribution in [1.29, 1.82) is 0 Å². The first kappa shape index (κ1) is 21.3. The van der Waals surface area contributed by atoms with Crippen LogP contribution < -0.4 is 10.3 Å². The summed E-state index contributed by atoms with van der Waals surface area (Å²) in [6.07, 6.45) is 2.10. The second-order valence-electron chi connectivity index (χ2n) is 7.84. The largest absolute Gasteiger partial charge is 0.457 e. The SMILES string of the molecule is O=C(CSc1nc2ccccc2c(=O)n1-c1ccc(Oc2ccccc2)cc1)N1CCCC1. The lowest BCUT2D eigenvalue weighted by Crippen LogP contribution is -2.29. The predicted octanol–water partition coefficient (Wildman–Crippen LogP) is 4.89. The normalized spacial score (nSPS) is 13.4. The lowest BCUT2D eigenvalue weighted by Gasteiger charge is -2.16. The molecule has 1 amide bonds. The van der Waals surface area contributed by atoms with Gasteiger partial charge in [-0.25, -0.2) is 4.98 Å². The van der Waals surface area contributed by atoms with Gasteiger partial charge in [0.25, 0.3) is 5.56 Å². The summed E-state index contributed by atoms with van der Waals surface area (Å²) in [7, 11) is 0. The second kappa shape index (κ2) is 9.50. The van der Waals surface area contributed by atoms with Crippen LogP contribution >= 0.6 is 11.8 Å². The standard InChI is InChI=1S/C26H23N3O3S/c30-24(28-16-6-7-17-28)18-33-26-27-23-11-5-4-10-22(23)25(31)29(26)19-12-14-21(15-13-19)32-20-8-2-1-3-9-20/h1-5,8-15H,6-7,16-18H2. The topological polar surface area (TPSA) is 64.4 Å². The van der Waals surface area contributed by atoms with Crippen LogP contribution in [0.2, 0.25) is 0 Å². The van der Waals surface area contributed by atoms with Gasteiger partial charge < -0.3 is 9.64 Å². The van der Waals surface area contributed by atoms with Gasteiger partial charge in [-0.05, 0) is 61.4 Å². The van der Waals surface area contributed by atoms with Crippen molar-refractivity contribution in [3.63, 3.8) is 0 Å². The van der Waals surface area contributed by atoms with Crippen LogP contribution in [0.25, 0.3) is 16.6 Å². The van der Waals surface area contributed by atoms with Crippen molar-refractivity contribution < 1.29 is 9.53 Å². The van der Waals surface area contributed by atoms with Crippen molar-refractivity contribution in [2.24, 2.45) is 0 Å². The Morgan fingerprint density at radius 2 is 1.55 bits per heavy atom. The summed E-state index contributed by atoms with van der Waals surface area (Å²) in [6, 6.07) is 24.1. The smallest absolute Gasteiger partial charge is 0.266 e. The summed E-state index contributed by atoms with van der Waals surface area (Å²) >= 11 is 1.30. The Kier molecular flexibility index (Phi) is 6.13. The highest BCUT2D eigenvalue weighted by atomic mass is 32.2. The molecule has 1 fully saturated rings. The molecule has 1 aromatic heterocycles. The maximum atomic E-state index is 13.4. The lowest BCUT2D eigenvalue weighted by atomic mass is 10.2. The predicted molar refractivity (Wildman–Crippen MR) is 130 cm³/mol. The fraction of sp³-hybridized carbons (Fsp3) is 0.192. The number of carbonyl (C=O) groups is 1. The fourth-order valence-corrected chi connectivity index (χ4v) is 4.82. The zero-order valence-corrected chi connectivity index (χ0v) is 18.8. The number of ether oxygens (including phenoxy) is 1. The molecule has 0 radical (unpaired) electrons. The van der Waals surface area contributed by atoms with Crippen LogP contribution in [0.1, 0.15) is 12.8 Å². The van der Waals surface area contributed by atoms with Crippen LogP contribution in [0.4, 0.5) is 0 Å². The molecule has 3 aromatic carbocycles. The Labute approximate surface area is 195 Å². The first-order valence-corrected chi connectivity index (χ1v) is 11.9. The first-order chi connectivity index (χ1) is 16.2. The molecule has 0 aliphatic carbocycles. The molecule has 0 bridgehead atoms. The number of para-hydroxylation sites is 2. The zero-order chi connectivity index (χ0) is 22.6. The number of hydrogen-bond acceptors (Lipinski definition) is 5. The van der Waals surface area contributed by atoms with E-state index in [1.807, 2.05) is 77.7 Å². The Hall–Kier alpha value is -3.58. The third-order valence-corrected chi connectivity index (χ3v) is 6.53. The highest BCUT2D eigenvalue weighted by Crippen LogP contribution is 2.25. The van der Waals surface area contributed by atoms with E-state index in [2.05, 4.69) is 0 Å². The van der Waals surface area contributed by atoms with E-state index in [0.717, 1.165) is 31.7 Å². The number of aromatic nitrogens is 2. The summed E-state index contributed by atoms with van der Waals surface area (Å²) in [5, 5.41) is 1.04. The average molecular weight is 458 g/mol. The summed E-state index contributed by atoms with van der Waals surface area (Å²) < 4.78 is 7.46. The molecule has 33 heavy (non-hydrogen) atoms. The molecule has 166 valence electrons. The van der Waals surface area contributed by atoms with Crippen LogP contribution in [0.15, 0.2) is 88.8 Å². The van der Waals surface area contributed by atoms with Crippen LogP contribution in [0, 0.1) is 0 Å². The Bertz CT molecular complexity index is 1330. The van der Waals surface area contributed by atoms with E-state index in [0.29, 0.717) is 27.5 Å². The van der Waals surface area contributed by atoms with Gasteiger partial charge in [-0.1, -0.05) is 42.1 Å². The number of rotatable bonds is 6. The molecule has 0 N–H and O–H groups in total. The number of carbonyl (C=O) groups excluding carboxylic acids is 1. The minimum Gasteiger partial charge on any atom is -0.457 e. The van der Waals surface area contributed by atoms with Crippen molar-refractivity contribution in [1.82, 2.24) is 14.5 Å². The molecule has 4 aromatic rings. The third kappa shape index (κ3) is 4.64. The van der Waals surface area contributed by atoms with Gasteiger partial charge in [0.15, 0.2) is 5.16 Å². The molecular formula is C26H23N3O3S. The molecule has 1 saturated heterocycles. The van der Waals surface area contributed by atoms with Gasteiger partial charge in [0, 0.05) is 13.1 Å². The number of fused-ring (bicyclic) bond motifs is 1. The highest BCUT2D eigenvalue weighted by molar-refractivity contribution is 7.99. The molecule has 1 aliphatic heterocycles. The average Bonchev–Trinajstić information content (AvgIpc) is 3.39. The summed E-state index contributed by atoms with van der Waals surface area (Å²) in [5.74, 6) is 1.75.